The first-order valence-corrected chi connectivity index (χ1v) is 14.5. The number of hydrogen-bond acceptors (Lipinski definition) is 7. The first-order valence-electron chi connectivity index (χ1n) is 13.2. The Morgan fingerprint density at radius 2 is 2.05 bits per heavy atom. The number of hydrogen-bond donors (Lipinski definition) is 2. The molecule has 1 aromatic heterocycles. The lowest BCUT2D eigenvalue weighted by atomic mass is 9.94. The molecule has 1 aliphatic heterocycles. The monoisotopic (exact) mass is 568 g/mol. The highest BCUT2D eigenvalue weighted by atomic mass is 32.2. The minimum absolute atomic E-state index is 0.0571. The first-order chi connectivity index (χ1) is 18.6. The summed E-state index contributed by atoms with van der Waals surface area (Å²) in [6, 6.07) is 7.75. The molecule has 5 rings (SSSR count). The first kappa shape index (κ1) is 27.5. The smallest absolute Gasteiger partial charge is 0.326 e. The minimum atomic E-state index is -1.09. The fraction of sp³-hybridized carbons (Fsp3) is 0.448. The largest absolute Gasteiger partial charge is 0.496 e. The number of rotatable bonds is 9. The Labute approximate surface area is 237 Å². The fourth-order valence-electron chi connectivity index (χ4n) is 5.98. The summed E-state index contributed by atoms with van der Waals surface area (Å²) in [5, 5.41) is 12.1. The number of ether oxygens (including phenoxy) is 1. The van der Waals surface area contributed by atoms with Gasteiger partial charge in [-0.2, -0.15) is 0 Å². The second-order valence-corrected chi connectivity index (χ2v) is 12.6. The van der Waals surface area contributed by atoms with Gasteiger partial charge in [0.05, 0.1) is 17.6 Å². The van der Waals surface area contributed by atoms with Crippen molar-refractivity contribution >= 4 is 52.2 Å². The number of amides is 2. The van der Waals surface area contributed by atoms with E-state index in [1.54, 1.807) is 36.4 Å². The number of carbonyl (C=O) groups excluding carboxylic acids is 2. The molecular weight excluding hydrogens is 536 g/mol. The van der Waals surface area contributed by atoms with Crippen molar-refractivity contribution in [2.24, 2.45) is 17.8 Å². The molecule has 206 valence electrons. The number of aliphatic carboxylic acids is 1. The van der Waals surface area contributed by atoms with Gasteiger partial charge in [-0.3, -0.25) is 14.5 Å². The quantitative estimate of drug-likeness (QED) is 0.298. The summed E-state index contributed by atoms with van der Waals surface area (Å²) < 4.78 is 12.0. The van der Waals surface area contributed by atoms with Crippen LogP contribution in [0.3, 0.4) is 0 Å². The van der Waals surface area contributed by atoms with E-state index < -0.39 is 17.9 Å². The molecule has 39 heavy (non-hydrogen) atoms. The van der Waals surface area contributed by atoms with Crippen LogP contribution < -0.4 is 10.1 Å². The number of fused-ring (bicyclic) bond motifs is 2. The summed E-state index contributed by atoms with van der Waals surface area (Å²) in [5.41, 5.74) is 0.820. The SMILES string of the molecule is COc1ccc(-c2ccc(/C=C3\SC(=S)N(C4CC5CCC4C5)C3=O)o2)cc1C(=O)N[C@@H](CC(C)C)C(=O)O. The Morgan fingerprint density at radius 3 is 2.69 bits per heavy atom. The van der Waals surface area contributed by atoms with Crippen molar-refractivity contribution in [2.75, 3.05) is 7.11 Å². The molecule has 8 nitrogen and oxygen atoms in total. The summed E-state index contributed by atoms with van der Waals surface area (Å²) in [4.78, 5) is 40.3. The van der Waals surface area contributed by atoms with Crippen molar-refractivity contribution in [2.45, 2.75) is 58.0 Å². The number of thioether (sulfide) groups is 1. The molecule has 1 saturated heterocycles. The summed E-state index contributed by atoms with van der Waals surface area (Å²) in [7, 11) is 1.45. The van der Waals surface area contributed by atoms with E-state index >= 15 is 0 Å². The van der Waals surface area contributed by atoms with E-state index in [0.29, 0.717) is 50.3 Å². The highest BCUT2D eigenvalue weighted by molar-refractivity contribution is 8.26. The van der Waals surface area contributed by atoms with E-state index in [2.05, 4.69) is 5.32 Å². The van der Waals surface area contributed by atoms with Gasteiger partial charge in [-0.15, -0.1) is 0 Å². The summed E-state index contributed by atoms with van der Waals surface area (Å²) >= 11 is 6.90. The standard InChI is InChI=1S/C29H32N2O6S2/c1-15(2)10-21(28(34)35)30-26(32)20-13-18(6-8-24(20)36-3)23-9-7-19(37-23)14-25-27(33)31(29(38)39-25)22-12-16-4-5-17(22)11-16/h6-9,13-17,21-22H,4-5,10-12H2,1-3H3,(H,30,32)(H,34,35)/b25-14-/t16?,17?,21-,22?/m0/s1. The molecule has 0 spiro atoms. The third-order valence-electron chi connectivity index (χ3n) is 7.80. The van der Waals surface area contributed by atoms with E-state index in [9.17, 15) is 19.5 Å². The number of nitrogens with one attached hydrogen (secondary N) is 1. The Bertz CT molecular complexity index is 1350. The number of thiocarbonyl (C=S) groups is 1. The summed E-state index contributed by atoms with van der Waals surface area (Å²) in [6.45, 7) is 3.79. The summed E-state index contributed by atoms with van der Waals surface area (Å²) in [6.07, 6.45) is 6.68. The van der Waals surface area contributed by atoms with E-state index in [1.165, 1.54) is 38.1 Å². The maximum Gasteiger partial charge on any atom is 0.326 e. The molecule has 2 amide bonds. The van der Waals surface area contributed by atoms with Gasteiger partial charge in [-0.05, 0) is 73.8 Å². The number of methoxy groups -OCH3 is 1. The molecular formula is C29H32N2O6S2. The molecule has 10 heteroatoms. The number of carboxylic acid groups (broad SMARTS) is 1. The van der Waals surface area contributed by atoms with Crippen LogP contribution >= 0.6 is 24.0 Å². The summed E-state index contributed by atoms with van der Waals surface area (Å²) in [5.74, 6) is 0.981. The zero-order valence-corrected chi connectivity index (χ0v) is 23.8. The average molecular weight is 569 g/mol. The lowest BCUT2D eigenvalue weighted by molar-refractivity contribution is -0.139. The van der Waals surface area contributed by atoms with Crippen molar-refractivity contribution in [3.8, 4) is 17.1 Å². The van der Waals surface area contributed by atoms with Crippen LogP contribution in [0.5, 0.6) is 5.75 Å². The van der Waals surface area contributed by atoms with Gasteiger partial charge in [0.25, 0.3) is 11.8 Å². The third-order valence-corrected chi connectivity index (χ3v) is 9.13. The van der Waals surface area contributed by atoms with E-state index in [1.807, 2.05) is 18.7 Å². The van der Waals surface area contributed by atoms with Gasteiger partial charge in [0.15, 0.2) is 0 Å². The van der Waals surface area contributed by atoms with Crippen molar-refractivity contribution < 1.29 is 28.6 Å². The van der Waals surface area contributed by atoms with Crippen LogP contribution in [0.2, 0.25) is 0 Å². The van der Waals surface area contributed by atoms with Crippen molar-refractivity contribution in [3.05, 3.63) is 46.6 Å². The Hall–Kier alpha value is -3.11. The number of nitrogens with zero attached hydrogens (tertiary/aromatic N) is 1. The number of benzene rings is 1. The highest BCUT2D eigenvalue weighted by Crippen LogP contribution is 2.49. The molecule has 2 saturated carbocycles. The van der Waals surface area contributed by atoms with Crippen LogP contribution in [0.1, 0.15) is 62.1 Å². The second-order valence-electron chi connectivity index (χ2n) is 10.9. The van der Waals surface area contributed by atoms with Crippen LogP contribution in [0.15, 0.2) is 39.7 Å². The van der Waals surface area contributed by atoms with Crippen LogP contribution in [0, 0.1) is 17.8 Å². The van der Waals surface area contributed by atoms with Gasteiger partial charge in [-0.25, -0.2) is 4.79 Å². The molecule has 2 heterocycles. The van der Waals surface area contributed by atoms with Gasteiger partial charge < -0.3 is 19.6 Å². The average Bonchev–Trinajstić information content (AvgIpc) is 3.68. The molecule has 2 bridgehead atoms. The Balaban J connectivity index is 1.34. The number of furan rings is 1. The highest BCUT2D eigenvalue weighted by Gasteiger charge is 2.48. The molecule has 0 radical (unpaired) electrons. The van der Waals surface area contributed by atoms with Gasteiger partial charge >= 0.3 is 5.97 Å². The predicted octanol–water partition coefficient (Wildman–Crippen LogP) is 5.57. The predicted molar refractivity (Wildman–Crippen MR) is 153 cm³/mol. The second kappa shape index (κ2) is 11.2. The van der Waals surface area contributed by atoms with Crippen molar-refractivity contribution in [1.29, 1.82) is 0 Å². The lowest BCUT2D eigenvalue weighted by Gasteiger charge is -2.30. The van der Waals surface area contributed by atoms with Crippen LogP contribution in [0.25, 0.3) is 17.4 Å². The molecule has 3 unspecified atom stereocenters. The normalized spacial score (nSPS) is 24.2. The topological polar surface area (TPSA) is 109 Å². The molecule has 4 atom stereocenters. The van der Waals surface area contributed by atoms with Gasteiger partial charge in [0.1, 0.15) is 27.6 Å². The van der Waals surface area contributed by atoms with Gasteiger partial charge in [0, 0.05) is 17.7 Å². The zero-order valence-electron chi connectivity index (χ0n) is 22.1. The molecule has 2 aliphatic carbocycles. The van der Waals surface area contributed by atoms with E-state index in [4.69, 9.17) is 21.4 Å². The van der Waals surface area contributed by atoms with Crippen LogP contribution in [-0.2, 0) is 9.59 Å². The lowest BCUT2D eigenvalue weighted by Crippen LogP contribution is -2.41. The minimum Gasteiger partial charge on any atom is -0.496 e. The van der Waals surface area contributed by atoms with Crippen LogP contribution in [0.4, 0.5) is 0 Å². The molecule has 1 aromatic carbocycles. The maximum atomic E-state index is 13.3. The zero-order chi connectivity index (χ0) is 27.8. The van der Waals surface area contributed by atoms with Gasteiger partial charge in [-0.1, -0.05) is 44.2 Å². The molecule has 2 N–H and O–H groups in total. The van der Waals surface area contributed by atoms with E-state index in [-0.39, 0.29) is 23.4 Å². The third kappa shape index (κ3) is 5.63. The fourth-order valence-corrected chi connectivity index (χ4v) is 7.33. The number of carboxylic acids is 1. The molecule has 3 aliphatic rings. The van der Waals surface area contributed by atoms with Crippen molar-refractivity contribution in [1.82, 2.24) is 10.2 Å². The number of carbonyl (C=O) groups is 3. The molecule has 2 aromatic rings. The van der Waals surface area contributed by atoms with Gasteiger partial charge in [0.2, 0.25) is 0 Å². The van der Waals surface area contributed by atoms with E-state index in [0.717, 1.165) is 6.42 Å². The maximum absolute atomic E-state index is 13.3. The Kier molecular flexibility index (Phi) is 7.87. The van der Waals surface area contributed by atoms with Crippen molar-refractivity contribution in [3.63, 3.8) is 0 Å². The molecule has 3 fully saturated rings. The Morgan fingerprint density at radius 1 is 1.26 bits per heavy atom. The van der Waals surface area contributed by atoms with Crippen LogP contribution in [-0.4, -0.2) is 51.3 Å².